The predicted molar refractivity (Wildman–Crippen MR) is 58.0 cm³/mol. The summed E-state index contributed by atoms with van der Waals surface area (Å²) >= 11 is 0. The van der Waals surface area contributed by atoms with Crippen LogP contribution in [0.4, 0.5) is 0 Å². The van der Waals surface area contributed by atoms with Gasteiger partial charge in [0.1, 0.15) is 11.6 Å². The van der Waals surface area contributed by atoms with Gasteiger partial charge in [-0.3, -0.25) is 9.59 Å². The SMILES string of the molecule is CCC(C)(C)OC(=O)C1CNC(C(=O)O)C1. The second-order valence-electron chi connectivity index (χ2n) is 4.77. The van der Waals surface area contributed by atoms with E-state index in [0.717, 1.165) is 6.42 Å². The van der Waals surface area contributed by atoms with Gasteiger partial charge in [-0.05, 0) is 26.7 Å². The van der Waals surface area contributed by atoms with Gasteiger partial charge in [0.2, 0.25) is 0 Å². The zero-order chi connectivity index (χ0) is 12.3. The van der Waals surface area contributed by atoms with Crippen molar-refractivity contribution in [2.45, 2.75) is 45.3 Å². The lowest BCUT2D eigenvalue weighted by molar-refractivity contribution is -0.161. The molecule has 5 heteroatoms. The Bertz CT molecular complexity index is 288. The fourth-order valence-corrected chi connectivity index (χ4v) is 1.53. The van der Waals surface area contributed by atoms with Crippen LogP contribution < -0.4 is 5.32 Å². The van der Waals surface area contributed by atoms with Gasteiger partial charge in [0.15, 0.2) is 0 Å². The normalized spacial score (nSPS) is 25.4. The van der Waals surface area contributed by atoms with Crippen LogP contribution >= 0.6 is 0 Å². The summed E-state index contributed by atoms with van der Waals surface area (Å²) in [5, 5.41) is 11.6. The average Bonchev–Trinajstić information content (AvgIpc) is 2.66. The van der Waals surface area contributed by atoms with E-state index < -0.39 is 17.6 Å². The Labute approximate surface area is 95.2 Å². The largest absolute Gasteiger partial charge is 0.480 e. The second-order valence-corrected chi connectivity index (χ2v) is 4.77. The first-order chi connectivity index (χ1) is 7.35. The first kappa shape index (κ1) is 13.0. The monoisotopic (exact) mass is 229 g/mol. The molecule has 92 valence electrons. The van der Waals surface area contributed by atoms with Gasteiger partial charge in [-0.15, -0.1) is 0 Å². The molecule has 0 saturated carbocycles. The van der Waals surface area contributed by atoms with Crippen molar-refractivity contribution in [3.63, 3.8) is 0 Å². The number of hydrogen-bond acceptors (Lipinski definition) is 4. The van der Waals surface area contributed by atoms with E-state index in [1.165, 1.54) is 0 Å². The van der Waals surface area contributed by atoms with Crippen LogP contribution in [0.2, 0.25) is 0 Å². The van der Waals surface area contributed by atoms with Crippen LogP contribution in [0, 0.1) is 5.92 Å². The number of esters is 1. The van der Waals surface area contributed by atoms with Gasteiger partial charge < -0.3 is 15.2 Å². The van der Waals surface area contributed by atoms with Gasteiger partial charge in [-0.2, -0.15) is 0 Å². The quantitative estimate of drug-likeness (QED) is 0.697. The number of aliphatic carboxylic acids is 1. The molecule has 1 aliphatic rings. The van der Waals surface area contributed by atoms with Crippen LogP contribution in [0.25, 0.3) is 0 Å². The first-order valence-electron chi connectivity index (χ1n) is 5.55. The highest BCUT2D eigenvalue weighted by molar-refractivity contribution is 5.78. The molecule has 1 saturated heterocycles. The van der Waals surface area contributed by atoms with Crippen LogP contribution in [0.1, 0.15) is 33.6 Å². The van der Waals surface area contributed by atoms with E-state index in [0.29, 0.717) is 13.0 Å². The molecule has 1 aliphatic heterocycles. The van der Waals surface area contributed by atoms with Crippen LogP contribution in [-0.4, -0.2) is 35.2 Å². The Morgan fingerprint density at radius 3 is 2.56 bits per heavy atom. The zero-order valence-corrected chi connectivity index (χ0v) is 9.95. The summed E-state index contributed by atoms with van der Waals surface area (Å²) in [4.78, 5) is 22.4. The van der Waals surface area contributed by atoms with Gasteiger partial charge in [0.25, 0.3) is 0 Å². The van der Waals surface area contributed by atoms with E-state index in [9.17, 15) is 9.59 Å². The van der Waals surface area contributed by atoms with Crippen molar-refractivity contribution in [1.82, 2.24) is 5.32 Å². The summed E-state index contributed by atoms with van der Waals surface area (Å²) in [5.74, 6) is -1.56. The molecule has 0 bridgehead atoms. The number of rotatable bonds is 4. The molecule has 0 spiro atoms. The molecule has 0 radical (unpaired) electrons. The number of carboxylic acid groups (broad SMARTS) is 1. The molecule has 0 aliphatic carbocycles. The minimum Gasteiger partial charge on any atom is -0.480 e. The molecule has 1 fully saturated rings. The molecule has 1 rings (SSSR count). The highest BCUT2D eigenvalue weighted by atomic mass is 16.6. The molecule has 16 heavy (non-hydrogen) atoms. The summed E-state index contributed by atoms with van der Waals surface area (Å²) in [6, 6.07) is -0.623. The second kappa shape index (κ2) is 4.82. The minimum absolute atomic E-state index is 0.303. The lowest BCUT2D eigenvalue weighted by atomic mass is 10.0. The van der Waals surface area contributed by atoms with Crippen LogP contribution in [0.3, 0.4) is 0 Å². The summed E-state index contributed by atoms with van der Waals surface area (Å²) in [6.07, 6.45) is 1.05. The highest BCUT2D eigenvalue weighted by Gasteiger charge is 2.36. The number of carboxylic acids is 1. The maximum absolute atomic E-state index is 11.7. The predicted octanol–water partition coefficient (Wildman–Crippen LogP) is 0.781. The lowest BCUT2D eigenvalue weighted by Gasteiger charge is -2.24. The van der Waals surface area contributed by atoms with Crippen molar-refractivity contribution in [2.75, 3.05) is 6.54 Å². The van der Waals surface area contributed by atoms with E-state index in [1.807, 2.05) is 20.8 Å². The Kier molecular flexibility index (Phi) is 3.91. The molecule has 0 aromatic heterocycles. The summed E-state index contributed by atoms with van der Waals surface area (Å²) in [7, 11) is 0. The molecule has 0 aromatic rings. The number of carbonyl (C=O) groups excluding carboxylic acids is 1. The molecule has 0 amide bonds. The van der Waals surface area contributed by atoms with E-state index in [4.69, 9.17) is 9.84 Å². The smallest absolute Gasteiger partial charge is 0.320 e. The van der Waals surface area contributed by atoms with Crippen molar-refractivity contribution >= 4 is 11.9 Å². The van der Waals surface area contributed by atoms with Crippen molar-refractivity contribution in [1.29, 1.82) is 0 Å². The van der Waals surface area contributed by atoms with Gasteiger partial charge in [-0.1, -0.05) is 6.92 Å². The van der Waals surface area contributed by atoms with E-state index in [-0.39, 0.29) is 11.9 Å². The first-order valence-corrected chi connectivity index (χ1v) is 5.55. The van der Waals surface area contributed by atoms with Gasteiger partial charge >= 0.3 is 11.9 Å². The number of hydrogen-bond donors (Lipinski definition) is 2. The van der Waals surface area contributed by atoms with Crippen LogP contribution in [0.15, 0.2) is 0 Å². The van der Waals surface area contributed by atoms with Crippen molar-refractivity contribution in [2.24, 2.45) is 5.92 Å². The van der Waals surface area contributed by atoms with Crippen molar-refractivity contribution in [3.8, 4) is 0 Å². The Morgan fingerprint density at radius 2 is 2.12 bits per heavy atom. The molecule has 0 aromatic carbocycles. The van der Waals surface area contributed by atoms with E-state index >= 15 is 0 Å². The number of nitrogens with one attached hydrogen (secondary N) is 1. The third-order valence-electron chi connectivity index (χ3n) is 2.99. The Hall–Kier alpha value is -1.10. The molecule has 5 nitrogen and oxygen atoms in total. The minimum atomic E-state index is -0.912. The standard InChI is InChI=1S/C11H19NO4/c1-4-11(2,3)16-10(15)7-5-8(9(13)14)12-6-7/h7-8,12H,4-6H2,1-3H3,(H,13,14). The third-order valence-corrected chi connectivity index (χ3v) is 2.99. The highest BCUT2D eigenvalue weighted by Crippen LogP contribution is 2.21. The average molecular weight is 229 g/mol. The third kappa shape index (κ3) is 3.20. The van der Waals surface area contributed by atoms with Gasteiger partial charge in [0, 0.05) is 6.54 Å². The van der Waals surface area contributed by atoms with Gasteiger partial charge in [-0.25, -0.2) is 0 Å². The molecule has 2 unspecified atom stereocenters. The fraction of sp³-hybridized carbons (Fsp3) is 0.818. The van der Waals surface area contributed by atoms with Crippen LogP contribution in [-0.2, 0) is 14.3 Å². The zero-order valence-electron chi connectivity index (χ0n) is 9.95. The summed E-state index contributed by atoms with van der Waals surface area (Å²) < 4.78 is 5.33. The van der Waals surface area contributed by atoms with E-state index in [2.05, 4.69) is 5.32 Å². The maximum Gasteiger partial charge on any atom is 0.320 e. The maximum atomic E-state index is 11.7. The van der Waals surface area contributed by atoms with Crippen LogP contribution in [0.5, 0.6) is 0 Å². The molecule has 2 N–H and O–H groups in total. The number of ether oxygens (including phenoxy) is 1. The van der Waals surface area contributed by atoms with E-state index in [1.54, 1.807) is 0 Å². The fourth-order valence-electron chi connectivity index (χ4n) is 1.53. The topological polar surface area (TPSA) is 75.6 Å². The summed E-state index contributed by atoms with van der Waals surface area (Å²) in [6.45, 7) is 6.03. The number of carbonyl (C=O) groups is 2. The lowest BCUT2D eigenvalue weighted by Crippen LogP contribution is -2.31. The summed E-state index contributed by atoms with van der Waals surface area (Å²) in [5.41, 5.74) is -0.474. The van der Waals surface area contributed by atoms with Crippen molar-refractivity contribution < 1.29 is 19.4 Å². The Morgan fingerprint density at radius 1 is 1.50 bits per heavy atom. The molecular formula is C11H19NO4. The van der Waals surface area contributed by atoms with Crippen molar-refractivity contribution in [3.05, 3.63) is 0 Å². The molecule has 2 atom stereocenters. The molecular weight excluding hydrogens is 210 g/mol. The molecule has 1 heterocycles. The van der Waals surface area contributed by atoms with Gasteiger partial charge in [0.05, 0.1) is 5.92 Å². The Balaban J connectivity index is 2.48.